The van der Waals surface area contributed by atoms with Crippen molar-refractivity contribution in [3.63, 3.8) is 0 Å². The summed E-state index contributed by atoms with van der Waals surface area (Å²) in [5.41, 5.74) is 0.540. The molecule has 4 heteroatoms. The van der Waals surface area contributed by atoms with Crippen LogP contribution in [0.5, 0.6) is 0 Å². The van der Waals surface area contributed by atoms with E-state index in [0.29, 0.717) is 22.3 Å². The van der Waals surface area contributed by atoms with E-state index in [0.717, 1.165) is 11.1 Å². The zero-order chi connectivity index (χ0) is 20.4. The topological polar surface area (TPSA) is 74.6 Å². The predicted octanol–water partition coefficient (Wildman–Crippen LogP) is 3.89. The van der Waals surface area contributed by atoms with Crippen LogP contribution in [0, 0.1) is 13.8 Å². The van der Waals surface area contributed by atoms with E-state index in [1.807, 2.05) is 26.0 Å². The maximum atomic E-state index is 13.4. The molecule has 4 nitrogen and oxygen atoms in total. The zero-order valence-corrected chi connectivity index (χ0v) is 16.6. The number of Topliss-reactive ketones (excluding diaryl/α,β-unsaturated/α-hetero) is 2. The lowest BCUT2D eigenvalue weighted by Gasteiger charge is -2.30. The largest absolute Gasteiger partial charge is 0.380 e. The number of hydrogen-bond donors (Lipinski definition) is 2. The van der Waals surface area contributed by atoms with Gasteiger partial charge < -0.3 is 10.2 Å². The number of rotatable bonds is 2. The highest BCUT2D eigenvalue weighted by atomic mass is 16.3. The molecule has 2 atom stereocenters. The van der Waals surface area contributed by atoms with Crippen molar-refractivity contribution in [3.8, 4) is 0 Å². The van der Waals surface area contributed by atoms with Gasteiger partial charge in [-0.2, -0.15) is 0 Å². The number of hydrogen-bond acceptors (Lipinski definition) is 4. The van der Waals surface area contributed by atoms with E-state index in [2.05, 4.69) is 0 Å². The van der Waals surface area contributed by atoms with Crippen molar-refractivity contribution in [1.82, 2.24) is 0 Å². The van der Waals surface area contributed by atoms with E-state index in [1.54, 1.807) is 38.1 Å². The second kappa shape index (κ2) is 5.97. The smallest absolute Gasteiger partial charge is 0.193 e. The highest BCUT2D eigenvalue weighted by molar-refractivity contribution is 6.24. The summed E-state index contributed by atoms with van der Waals surface area (Å²) in [5.74, 6) is -0.752. The van der Waals surface area contributed by atoms with Gasteiger partial charge in [0.1, 0.15) is 11.2 Å². The van der Waals surface area contributed by atoms with Crippen LogP contribution in [0.3, 0.4) is 0 Å². The van der Waals surface area contributed by atoms with Gasteiger partial charge >= 0.3 is 0 Å². The molecule has 2 aromatic rings. The van der Waals surface area contributed by atoms with Gasteiger partial charge in [-0.05, 0) is 37.8 Å². The molecule has 2 aromatic carbocycles. The summed E-state index contributed by atoms with van der Waals surface area (Å²) in [5, 5.41) is 23.2. The molecule has 2 N–H and O–H groups in total. The molecule has 0 amide bonds. The highest BCUT2D eigenvalue weighted by Gasteiger charge is 2.55. The summed E-state index contributed by atoms with van der Waals surface area (Å²) in [6, 6.07) is 10.6. The van der Waals surface area contributed by atoms with E-state index >= 15 is 0 Å². The lowest BCUT2D eigenvalue weighted by molar-refractivity contribution is 0.0491. The summed E-state index contributed by atoms with van der Waals surface area (Å²) < 4.78 is 0. The van der Waals surface area contributed by atoms with Crippen molar-refractivity contribution >= 4 is 11.6 Å². The summed E-state index contributed by atoms with van der Waals surface area (Å²) in [6.07, 6.45) is 0.465. The van der Waals surface area contributed by atoms with Gasteiger partial charge in [-0.15, -0.1) is 0 Å². The fourth-order valence-electron chi connectivity index (χ4n) is 4.69. The quantitative estimate of drug-likeness (QED) is 0.780. The van der Waals surface area contributed by atoms with E-state index in [9.17, 15) is 19.8 Å². The molecule has 4 rings (SSSR count). The third-order valence-corrected chi connectivity index (χ3v) is 6.29. The van der Waals surface area contributed by atoms with E-state index < -0.39 is 11.2 Å². The van der Waals surface area contributed by atoms with Gasteiger partial charge in [0.05, 0.1) is 0 Å². The van der Waals surface area contributed by atoms with Crippen LogP contribution in [0.1, 0.15) is 69.7 Å². The van der Waals surface area contributed by atoms with Crippen LogP contribution in [0.2, 0.25) is 0 Å². The normalized spacial score (nSPS) is 28.6. The summed E-state index contributed by atoms with van der Waals surface area (Å²) >= 11 is 0. The Morgan fingerprint density at radius 2 is 1.07 bits per heavy atom. The van der Waals surface area contributed by atoms with Gasteiger partial charge in [-0.1, -0.05) is 61.4 Å². The Morgan fingerprint density at radius 3 is 1.39 bits per heavy atom. The van der Waals surface area contributed by atoms with Crippen LogP contribution in [0.25, 0.3) is 0 Å². The second-order valence-corrected chi connectivity index (χ2v) is 7.93. The van der Waals surface area contributed by atoms with Crippen LogP contribution < -0.4 is 0 Å². The Labute approximate surface area is 164 Å². The number of aliphatic hydroxyl groups is 2. The van der Waals surface area contributed by atoms with Crippen LogP contribution >= 0.6 is 0 Å². The molecule has 0 fully saturated rings. The lowest BCUT2D eigenvalue weighted by Crippen LogP contribution is -2.33. The van der Waals surface area contributed by atoms with Crippen LogP contribution in [0.4, 0.5) is 0 Å². The molecular formula is C24H24O4. The van der Waals surface area contributed by atoms with Crippen LogP contribution in [-0.4, -0.2) is 21.8 Å². The van der Waals surface area contributed by atoms with Gasteiger partial charge in [0, 0.05) is 22.3 Å². The number of carbonyl (C=O) groups is 2. The molecule has 0 unspecified atom stereocenters. The average Bonchev–Trinajstić information content (AvgIpc) is 3.02. The fraction of sp³-hybridized carbons (Fsp3) is 0.333. The third kappa shape index (κ3) is 2.19. The molecule has 0 aliphatic heterocycles. The molecular weight excluding hydrogens is 352 g/mol. The number of carbonyl (C=O) groups excluding carboxylic acids is 2. The molecule has 2 aliphatic rings. The van der Waals surface area contributed by atoms with Crippen LogP contribution in [-0.2, 0) is 11.2 Å². The Kier molecular flexibility index (Phi) is 4.00. The SMILES string of the molecule is CC[C@@]1(O)/C(=C2\C(=O)c3ccc(C)cc3[C@]2(O)CC)C(=O)c2ccc(C)cc21. The lowest BCUT2D eigenvalue weighted by atomic mass is 9.79. The van der Waals surface area contributed by atoms with E-state index in [4.69, 9.17) is 0 Å². The van der Waals surface area contributed by atoms with Crippen molar-refractivity contribution in [1.29, 1.82) is 0 Å². The molecule has 0 spiro atoms. The van der Waals surface area contributed by atoms with Crippen LogP contribution in [0.15, 0.2) is 47.5 Å². The maximum Gasteiger partial charge on any atom is 0.193 e. The first-order valence-corrected chi connectivity index (χ1v) is 9.70. The molecule has 0 saturated carbocycles. The Hall–Kier alpha value is -2.56. The Balaban J connectivity index is 2.09. The fourth-order valence-corrected chi connectivity index (χ4v) is 4.69. The van der Waals surface area contributed by atoms with Crippen molar-refractivity contribution in [2.75, 3.05) is 0 Å². The molecule has 0 aromatic heterocycles. The predicted molar refractivity (Wildman–Crippen MR) is 106 cm³/mol. The van der Waals surface area contributed by atoms with Crippen molar-refractivity contribution < 1.29 is 19.8 Å². The first-order valence-electron chi connectivity index (χ1n) is 9.70. The molecule has 0 saturated heterocycles. The van der Waals surface area contributed by atoms with Crippen molar-refractivity contribution in [2.45, 2.75) is 51.7 Å². The minimum Gasteiger partial charge on any atom is -0.380 e. The number of benzene rings is 2. The molecule has 2 aliphatic carbocycles. The van der Waals surface area contributed by atoms with Crippen molar-refractivity contribution in [3.05, 3.63) is 80.9 Å². The molecule has 0 radical (unpaired) electrons. The van der Waals surface area contributed by atoms with E-state index in [-0.39, 0.29) is 35.6 Å². The van der Waals surface area contributed by atoms with Gasteiger partial charge in [-0.3, -0.25) is 9.59 Å². The number of aryl methyl sites for hydroxylation is 2. The molecule has 0 bridgehead atoms. The second-order valence-electron chi connectivity index (χ2n) is 7.93. The van der Waals surface area contributed by atoms with Crippen molar-refractivity contribution in [2.24, 2.45) is 0 Å². The van der Waals surface area contributed by atoms with Gasteiger partial charge in [0.15, 0.2) is 11.6 Å². The minimum atomic E-state index is -1.59. The summed E-state index contributed by atoms with van der Waals surface area (Å²) in [7, 11) is 0. The summed E-state index contributed by atoms with van der Waals surface area (Å²) in [6.45, 7) is 7.36. The number of ketones is 2. The molecule has 0 heterocycles. The Bertz CT molecular complexity index is 993. The molecule has 28 heavy (non-hydrogen) atoms. The highest BCUT2D eigenvalue weighted by Crippen LogP contribution is 2.52. The third-order valence-electron chi connectivity index (χ3n) is 6.29. The Morgan fingerprint density at radius 1 is 0.714 bits per heavy atom. The molecule has 144 valence electrons. The van der Waals surface area contributed by atoms with Gasteiger partial charge in [-0.25, -0.2) is 0 Å². The van der Waals surface area contributed by atoms with Gasteiger partial charge in [0.25, 0.3) is 0 Å². The average molecular weight is 376 g/mol. The number of fused-ring (bicyclic) bond motifs is 2. The minimum absolute atomic E-state index is 0.0267. The zero-order valence-electron chi connectivity index (χ0n) is 16.6. The summed E-state index contributed by atoms with van der Waals surface area (Å²) in [4.78, 5) is 26.7. The monoisotopic (exact) mass is 376 g/mol. The standard InChI is InChI=1S/C24H24O4/c1-5-23(27)17-11-13(3)7-9-15(17)21(25)19(23)20-22(26)16-10-8-14(4)12-18(16)24(20,28)6-2/h7-12,27-28H,5-6H2,1-4H3/b20-19+/t23-,24+. The van der Waals surface area contributed by atoms with Gasteiger partial charge in [0.2, 0.25) is 0 Å². The first kappa shape index (κ1) is 18.8. The van der Waals surface area contributed by atoms with E-state index in [1.165, 1.54) is 0 Å². The first-order chi connectivity index (χ1) is 13.2. The maximum absolute atomic E-state index is 13.4.